The second kappa shape index (κ2) is 6.93. The van der Waals surface area contributed by atoms with E-state index in [0.29, 0.717) is 5.56 Å². The van der Waals surface area contributed by atoms with E-state index in [1.165, 1.54) is 24.3 Å². The van der Waals surface area contributed by atoms with E-state index >= 15 is 0 Å². The fourth-order valence-corrected chi connectivity index (χ4v) is 2.40. The van der Waals surface area contributed by atoms with Crippen LogP contribution < -0.4 is 5.82 Å². The summed E-state index contributed by atoms with van der Waals surface area (Å²) >= 11 is 0. The Bertz CT molecular complexity index is 988. The first-order valence-electron chi connectivity index (χ1n) is 7.29. The van der Waals surface area contributed by atoms with E-state index in [1.54, 1.807) is 30.3 Å². The minimum absolute atomic E-state index is 0.0141. The highest BCUT2D eigenvalue weighted by molar-refractivity contribution is 5.62. The van der Waals surface area contributed by atoms with Crippen molar-refractivity contribution in [2.24, 2.45) is 0 Å². The number of carboxylic acid groups (broad SMARTS) is 1. The quantitative estimate of drug-likeness (QED) is 0.416. The normalized spacial score (nSPS) is 11.7. The first-order chi connectivity index (χ1) is 12.5. The van der Waals surface area contributed by atoms with Crippen LogP contribution in [-0.4, -0.2) is 16.2 Å². The van der Waals surface area contributed by atoms with Gasteiger partial charge in [0, 0.05) is 23.3 Å². The van der Waals surface area contributed by atoms with Gasteiger partial charge in [0.2, 0.25) is 0 Å². The zero-order valence-electron chi connectivity index (χ0n) is 13.0. The molecule has 0 fully saturated rings. The summed E-state index contributed by atoms with van der Waals surface area (Å²) in [7, 11) is 0. The monoisotopic (exact) mass is 357 g/mol. The van der Waals surface area contributed by atoms with Crippen molar-refractivity contribution in [1.82, 2.24) is 0 Å². The van der Waals surface area contributed by atoms with Crippen molar-refractivity contribution in [3.05, 3.63) is 86.7 Å². The van der Waals surface area contributed by atoms with E-state index in [4.69, 9.17) is 18.7 Å². The number of hydrogen-bond donors (Lipinski definition) is 1. The fourth-order valence-electron chi connectivity index (χ4n) is 2.40. The summed E-state index contributed by atoms with van der Waals surface area (Å²) in [6, 6.07) is 13.4. The van der Waals surface area contributed by atoms with E-state index in [9.17, 15) is 19.7 Å². The van der Waals surface area contributed by atoms with E-state index in [1.807, 2.05) is 0 Å². The topological polar surface area (TPSA) is 133 Å². The Hall–Kier alpha value is -3.88. The molecule has 0 saturated heterocycles. The van der Waals surface area contributed by atoms with Crippen molar-refractivity contribution in [1.29, 1.82) is 0 Å². The van der Waals surface area contributed by atoms with Gasteiger partial charge in [-0.1, -0.05) is 30.3 Å². The lowest BCUT2D eigenvalue weighted by molar-refractivity contribution is -0.384. The van der Waals surface area contributed by atoms with Gasteiger partial charge in [0.25, 0.3) is 5.69 Å². The van der Waals surface area contributed by atoms with Crippen LogP contribution in [0.15, 0.2) is 68.2 Å². The third-order valence-corrected chi connectivity index (χ3v) is 3.50. The summed E-state index contributed by atoms with van der Waals surface area (Å²) in [4.78, 5) is 32.9. The molecule has 0 amide bonds. The van der Waals surface area contributed by atoms with Gasteiger partial charge in [-0.3, -0.25) is 10.1 Å². The summed E-state index contributed by atoms with van der Waals surface area (Å²) in [5.41, 5.74) is 0.536. The lowest BCUT2D eigenvalue weighted by Gasteiger charge is -2.14. The summed E-state index contributed by atoms with van der Waals surface area (Å²) in [6.07, 6.45) is -2.95. The molecule has 0 bridgehead atoms. The van der Waals surface area contributed by atoms with Crippen molar-refractivity contribution in [3.63, 3.8) is 0 Å². The molecule has 0 aliphatic carbocycles. The zero-order chi connectivity index (χ0) is 18.7. The second-order valence-corrected chi connectivity index (χ2v) is 5.13. The number of non-ortho nitro benzene ring substituents is 1. The van der Waals surface area contributed by atoms with Crippen molar-refractivity contribution in [3.8, 4) is 11.3 Å². The van der Waals surface area contributed by atoms with Crippen LogP contribution in [0.2, 0.25) is 0 Å². The van der Waals surface area contributed by atoms with Gasteiger partial charge in [0.05, 0.1) is 4.92 Å². The highest BCUT2D eigenvalue weighted by atomic mass is 16.7. The number of benzene rings is 2. The molecular weight excluding hydrogens is 346 g/mol. The molecule has 2 aromatic carbocycles. The third-order valence-electron chi connectivity index (χ3n) is 3.50. The van der Waals surface area contributed by atoms with Gasteiger partial charge < -0.3 is 18.7 Å². The van der Waals surface area contributed by atoms with Crippen molar-refractivity contribution in [2.75, 3.05) is 0 Å². The molecule has 1 N–H and O–H groups in total. The molecule has 26 heavy (non-hydrogen) atoms. The van der Waals surface area contributed by atoms with Gasteiger partial charge in [-0.25, -0.2) is 9.59 Å². The first kappa shape index (κ1) is 17.0. The number of rotatable bonds is 5. The Balaban J connectivity index is 2.11. The minimum Gasteiger partial charge on any atom is -0.450 e. The van der Waals surface area contributed by atoms with Crippen molar-refractivity contribution >= 4 is 11.8 Å². The van der Waals surface area contributed by atoms with Gasteiger partial charge in [-0.05, 0) is 12.1 Å². The largest absolute Gasteiger partial charge is 0.519 e. The van der Waals surface area contributed by atoms with Crippen molar-refractivity contribution in [2.45, 2.75) is 6.10 Å². The Morgan fingerprint density at radius 1 is 1.08 bits per heavy atom. The van der Waals surface area contributed by atoms with E-state index in [2.05, 4.69) is 0 Å². The number of nitro groups is 1. The van der Waals surface area contributed by atoms with E-state index in [0.717, 1.165) is 0 Å². The molecule has 1 heterocycles. The molecule has 132 valence electrons. The molecule has 0 spiro atoms. The highest BCUT2D eigenvalue weighted by Crippen LogP contribution is 2.34. The molecule has 3 aromatic rings. The predicted octanol–water partition coefficient (Wildman–Crippen LogP) is 3.59. The molecule has 1 unspecified atom stereocenters. The maximum atomic E-state index is 11.6. The molecule has 0 aliphatic heterocycles. The maximum absolute atomic E-state index is 11.6. The van der Waals surface area contributed by atoms with Crippen molar-refractivity contribution < 1.29 is 28.4 Å². The SMILES string of the molecule is O=C(O)OC(c1ccc([N+](=O)[O-])cc1)c1oc(=O)oc1-c1ccccc1. The summed E-state index contributed by atoms with van der Waals surface area (Å²) < 4.78 is 14.9. The summed E-state index contributed by atoms with van der Waals surface area (Å²) in [5, 5.41) is 19.8. The fraction of sp³-hybridized carbons (Fsp3) is 0.0588. The maximum Gasteiger partial charge on any atom is 0.519 e. The summed E-state index contributed by atoms with van der Waals surface area (Å²) in [5.74, 6) is -1.17. The number of hydrogen-bond acceptors (Lipinski definition) is 7. The standard InChI is InChI=1S/C17H11NO8/c19-16(20)24-13(11-6-8-12(9-7-11)18(22)23)15-14(25-17(21)26-15)10-4-2-1-3-5-10/h1-9,13H,(H,19,20). The number of nitrogens with zero attached hydrogens (tertiary/aromatic N) is 1. The van der Waals surface area contributed by atoms with Crippen LogP contribution >= 0.6 is 0 Å². The molecule has 3 rings (SSSR count). The van der Waals surface area contributed by atoms with E-state index in [-0.39, 0.29) is 22.8 Å². The molecule has 0 aliphatic rings. The average molecular weight is 357 g/mol. The molecule has 9 heteroatoms. The Kier molecular flexibility index (Phi) is 4.52. The van der Waals surface area contributed by atoms with Crippen LogP contribution in [-0.2, 0) is 4.74 Å². The number of nitro benzene ring substituents is 1. The van der Waals surface area contributed by atoms with Gasteiger partial charge >= 0.3 is 12.0 Å². The minimum atomic E-state index is -1.61. The molecule has 1 atom stereocenters. The molecule has 9 nitrogen and oxygen atoms in total. The molecular formula is C17H11NO8. The van der Waals surface area contributed by atoms with Crippen LogP contribution in [0.3, 0.4) is 0 Å². The Morgan fingerprint density at radius 3 is 2.31 bits per heavy atom. The summed E-state index contributed by atoms with van der Waals surface area (Å²) in [6.45, 7) is 0. The van der Waals surface area contributed by atoms with Crippen LogP contribution in [0.25, 0.3) is 11.3 Å². The van der Waals surface area contributed by atoms with Gasteiger partial charge in [0.1, 0.15) is 0 Å². The second-order valence-electron chi connectivity index (χ2n) is 5.13. The smallest absolute Gasteiger partial charge is 0.450 e. The molecule has 0 saturated carbocycles. The molecule has 1 aromatic heterocycles. The van der Waals surface area contributed by atoms with Crippen LogP contribution in [0, 0.1) is 10.1 Å². The van der Waals surface area contributed by atoms with Gasteiger partial charge in [-0.15, -0.1) is 0 Å². The van der Waals surface area contributed by atoms with Gasteiger partial charge in [0.15, 0.2) is 17.6 Å². The lowest BCUT2D eigenvalue weighted by Crippen LogP contribution is -2.11. The van der Waals surface area contributed by atoms with Crippen LogP contribution in [0.1, 0.15) is 17.4 Å². The number of ether oxygens (including phenoxy) is 1. The van der Waals surface area contributed by atoms with E-state index < -0.39 is 23.0 Å². The van der Waals surface area contributed by atoms with Gasteiger partial charge in [-0.2, -0.15) is 0 Å². The zero-order valence-corrected chi connectivity index (χ0v) is 13.0. The molecule has 0 radical (unpaired) electrons. The predicted molar refractivity (Wildman–Crippen MR) is 86.7 cm³/mol. The Morgan fingerprint density at radius 2 is 1.73 bits per heavy atom. The van der Waals surface area contributed by atoms with Crippen LogP contribution in [0.5, 0.6) is 0 Å². The third kappa shape index (κ3) is 3.46. The Labute approximate surface area is 145 Å². The lowest BCUT2D eigenvalue weighted by atomic mass is 10.0. The number of carbonyl (C=O) groups is 1. The highest BCUT2D eigenvalue weighted by Gasteiger charge is 2.29. The first-order valence-corrected chi connectivity index (χ1v) is 7.29. The van der Waals surface area contributed by atoms with Crippen LogP contribution in [0.4, 0.5) is 10.5 Å². The average Bonchev–Trinajstić information content (AvgIpc) is 3.02.